The average molecular weight is 304 g/mol. The first-order valence-corrected chi connectivity index (χ1v) is 7.07. The standard InChI is InChI=1S/C13H19Cl2N3O/c1-4-18(5-2)8-9(3)17-13(19)10-6-11(14)12(15)16-7-10/h6-7,9H,4-5,8H2,1-3H3,(H,17,19). The van der Waals surface area contributed by atoms with Gasteiger partial charge >= 0.3 is 0 Å². The minimum atomic E-state index is -0.189. The van der Waals surface area contributed by atoms with E-state index in [9.17, 15) is 4.79 Å². The van der Waals surface area contributed by atoms with Crippen LogP contribution >= 0.6 is 23.2 Å². The molecule has 1 aromatic rings. The second kappa shape index (κ2) is 7.68. The van der Waals surface area contributed by atoms with Gasteiger partial charge < -0.3 is 10.2 Å². The first-order chi connectivity index (χ1) is 8.97. The van der Waals surface area contributed by atoms with E-state index in [0.29, 0.717) is 5.56 Å². The van der Waals surface area contributed by atoms with Gasteiger partial charge in [-0.25, -0.2) is 4.98 Å². The molecule has 1 atom stereocenters. The van der Waals surface area contributed by atoms with Gasteiger partial charge in [-0.2, -0.15) is 0 Å². The SMILES string of the molecule is CCN(CC)CC(C)NC(=O)c1cnc(Cl)c(Cl)c1. The molecule has 0 saturated carbocycles. The third-order valence-electron chi connectivity index (χ3n) is 2.86. The van der Waals surface area contributed by atoms with Crippen molar-refractivity contribution in [2.45, 2.75) is 26.8 Å². The topological polar surface area (TPSA) is 45.2 Å². The monoisotopic (exact) mass is 303 g/mol. The molecular weight excluding hydrogens is 285 g/mol. The smallest absolute Gasteiger partial charge is 0.253 e. The number of halogens is 2. The zero-order chi connectivity index (χ0) is 14.4. The summed E-state index contributed by atoms with van der Waals surface area (Å²) >= 11 is 11.6. The lowest BCUT2D eigenvalue weighted by atomic mass is 10.2. The number of rotatable bonds is 6. The van der Waals surface area contributed by atoms with Crippen LogP contribution in [0.25, 0.3) is 0 Å². The lowest BCUT2D eigenvalue weighted by Crippen LogP contribution is -2.41. The number of likely N-dealkylation sites (N-methyl/N-ethyl adjacent to an activating group) is 1. The van der Waals surface area contributed by atoms with E-state index >= 15 is 0 Å². The summed E-state index contributed by atoms with van der Waals surface area (Å²) in [7, 11) is 0. The molecule has 1 N–H and O–H groups in total. The number of amides is 1. The summed E-state index contributed by atoms with van der Waals surface area (Å²) in [6.45, 7) is 8.91. The van der Waals surface area contributed by atoms with Crippen LogP contribution in [-0.2, 0) is 0 Å². The van der Waals surface area contributed by atoms with Gasteiger partial charge in [-0.1, -0.05) is 37.0 Å². The average Bonchev–Trinajstić information content (AvgIpc) is 2.38. The maximum Gasteiger partial charge on any atom is 0.253 e. The largest absolute Gasteiger partial charge is 0.348 e. The molecule has 106 valence electrons. The molecule has 1 unspecified atom stereocenters. The molecule has 1 amide bonds. The minimum absolute atomic E-state index is 0.0573. The Morgan fingerprint density at radius 1 is 1.42 bits per heavy atom. The van der Waals surface area contributed by atoms with Crippen LogP contribution in [0.2, 0.25) is 10.2 Å². The number of carbonyl (C=O) groups excluding carboxylic acids is 1. The summed E-state index contributed by atoms with van der Waals surface area (Å²) in [5.41, 5.74) is 0.417. The fraction of sp³-hybridized carbons (Fsp3) is 0.538. The van der Waals surface area contributed by atoms with Gasteiger partial charge in [0, 0.05) is 18.8 Å². The van der Waals surface area contributed by atoms with Crippen molar-refractivity contribution in [3.8, 4) is 0 Å². The second-order valence-electron chi connectivity index (χ2n) is 4.36. The predicted octanol–water partition coefficient (Wildman–Crippen LogP) is 2.85. The highest BCUT2D eigenvalue weighted by atomic mass is 35.5. The van der Waals surface area contributed by atoms with Crippen LogP contribution in [0, 0.1) is 0 Å². The van der Waals surface area contributed by atoms with Gasteiger partial charge in [-0.15, -0.1) is 0 Å². The summed E-state index contributed by atoms with van der Waals surface area (Å²) in [4.78, 5) is 18.1. The van der Waals surface area contributed by atoms with E-state index in [0.717, 1.165) is 19.6 Å². The van der Waals surface area contributed by atoms with Crippen LogP contribution in [0.1, 0.15) is 31.1 Å². The third kappa shape index (κ3) is 4.97. The van der Waals surface area contributed by atoms with Gasteiger partial charge in [-0.05, 0) is 26.1 Å². The molecule has 0 radical (unpaired) electrons. The van der Waals surface area contributed by atoms with Gasteiger partial charge in [-0.3, -0.25) is 4.79 Å². The molecule has 19 heavy (non-hydrogen) atoms. The quantitative estimate of drug-likeness (QED) is 0.822. The normalized spacial score (nSPS) is 12.5. The van der Waals surface area contributed by atoms with Crippen LogP contribution < -0.4 is 5.32 Å². The highest BCUT2D eigenvalue weighted by Crippen LogP contribution is 2.19. The van der Waals surface area contributed by atoms with Crippen molar-refractivity contribution >= 4 is 29.1 Å². The summed E-state index contributed by atoms with van der Waals surface area (Å²) in [6.07, 6.45) is 1.42. The zero-order valence-corrected chi connectivity index (χ0v) is 12.9. The molecule has 0 fully saturated rings. The Hall–Kier alpha value is -0.840. The summed E-state index contributed by atoms with van der Waals surface area (Å²) in [6, 6.07) is 1.58. The van der Waals surface area contributed by atoms with Gasteiger partial charge in [0.1, 0.15) is 5.15 Å². The van der Waals surface area contributed by atoms with Gasteiger partial charge in [0.05, 0.1) is 10.6 Å². The van der Waals surface area contributed by atoms with Crippen LogP contribution in [-0.4, -0.2) is 41.5 Å². The second-order valence-corrected chi connectivity index (χ2v) is 5.12. The zero-order valence-electron chi connectivity index (χ0n) is 11.4. The lowest BCUT2D eigenvalue weighted by Gasteiger charge is -2.23. The molecule has 1 aromatic heterocycles. The number of aromatic nitrogens is 1. The minimum Gasteiger partial charge on any atom is -0.348 e. The first kappa shape index (κ1) is 16.2. The highest BCUT2D eigenvalue weighted by molar-refractivity contribution is 6.41. The van der Waals surface area contributed by atoms with E-state index in [4.69, 9.17) is 23.2 Å². The van der Waals surface area contributed by atoms with Crippen molar-refractivity contribution in [2.75, 3.05) is 19.6 Å². The van der Waals surface area contributed by atoms with E-state index in [1.807, 2.05) is 6.92 Å². The first-order valence-electron chi connectivity index (χ1n) is 6.32. The number of carbonyl (C=O) groups is 1. The van der Waals surface area contributed by atoms with Crippen LogP contribution in [0.5, 0.6) is 0 Å². The molecule has 0 aromatic carbocycles. The summed E-state index contributed by atoms with van der Waals surface area (Å²) in [5.74, 6) is -0.189. The predicted molar refractivity (Wildman–Crippen MR) is 79.0 cm³/mol. The van der Waals surface area contributed by atoms with E-state index in [1.54, 1.807) is 0 Å². The number of pyridine rings is 1. The van der Waals surface area contributed by atoms with Crippen molar-refractivity contribution < 1.29 is 4.79 Å². The Balaban J connectivity index is 2.61. The molecular formula is C13H19Cl2N3O. The van der Waals surface area contributed by atoms with E-state index in [-0.39, 0.29) is 22.1 Å². The fourth-order valence-corrected chi connectivity index (χ4v) is 2.04. The van der Waals surface area contributed by atoms with Gasteiger partial charge in [0.15, 0.2) is 0 Å². The molecule has 1 rings (SSSR count). The molecule has 0 saturated heterocycles. The van der Waals surface area contributed by atoms with Crippen molar-refractivity contribution in [3.63, 3.8) is 0 Å². The fourth-order valence-electron chi connectivity index (χ4n) is 1.77. The third-order valence-corrected chi connectivity index (χ3v) is 3.55. The van der Waals surface area contributed by atoms with Crippen molar-refractivity contribution in [3.05, 3.63) is 28.0 Å². The van der Waals surface area contributed by atoms with E-state index in [2.05, 4.69) is 29.0 Å². The van der Waals surface area contributed by atoms with Crippen molar-refractivity contribution in [1.82, 2.24) is 15.2 Å². The highest BCUT2D eigenvalue weighted by Gasteiger charge is 2.13. The number of nitrogens with zero attached hydrogens (tertiary/aromatic N) is 2. The summed E-state index contributed by atoms with van der Waals surface area (Å²) in [5, 5.41) is 3.41. The number of hydrogen-bond acceptors (Lipinski definition) is 3. The van der Waals surface area contributed by atoms with E-state index in [1.165, 1.54) is 12.3 Å². The molecule has 0 bridgehead atoms. The van der Waals surface area contributed by atoms with Gasteiger partial charge in [0.2, 0.25) is 0 Å². The molecule has 6 heteroatoms. The van der Waals surface area contributed by atoms with Gasteiger partial charge in [0.25, 0.3) is 5.91 Å². The summed E-state index contributed by atoms with van der Waals surface area (Å²) < 4.78 is 0. The lowest BCUT2D eigenvalue weighted by molar-refractivity contribution is 0.0930. The molecule has 1 heterocycles. The molecule has 0 spiro atoms. The van der Waals surface area contributed by atoms with E-state index < -0.39 is 0 Å². The Kier molecular flexibility index (Phi) is 6.55. The number of nitrogens with one attached hydrogen (secondary N) is 1. The van der Waals surface area contributed by atoms with Crippen LogP contribution in [0.15, 0.2) is 12.3 Å². The molecule has 0 aliphatic heterocycles. The molecule has 0 aliphatic rings. The Labute approximate surface area is 124 Å². The molecule has 4 nitrogen and oxygen atoms in total. The van der Waals surface area contributed by atoms with Crippen LogP contribution in [0.4, 0.5) is 0 Å². The maximum absolute atomic E-state index is 12.0. The Morgan fingerprint density at radius 3 is 2.58 bits per heavy atom. The Morgan fingerprint density at radius 2 is 2.05 bits per heavy atom. The Bertz CT molecular complexity index is 436. The number of hydrogen-bond donors (Lipinski definition) is 1. The molecule has 0 aliphatic carbocycles. The van der Waals surface area contributed by atoms with Crippen molar-refractivity contribution in [2.24, 2.45) is 0 Å². The van der Waals surface area contributed by atoms with Crippen LogP contribution in [0.3, 0.4) is 0 Å². The van der Waals surface area contributed by atoms with Crippen molar-refractivity contribution in [1.29, 1.82) is 0 Å². The maximum atomic E-state index is 12.0.